The van der Waals surface area contributed by atoms with Gasteiger partial charge < -0.3 is 4.74 Å². The molecule has 0 saturated heterocycles. The average molecular weight is 282 g/mol. The van der Waals surface area contributed by atoms with E-state index in [-0.39, 0.29) is 16.6 Å². The predicted molar refractivity (Wildman–Crippen MR) is 72.0 cm³/mol. The van der Waals surface area contributed by atoms with Gasteiger partial charge in [-0.1, -0.05) is 25.0 Å². The van der Waals surface area contributed by atoms with Crippen LogP contribution in [0.3, 0.4) is 0 Å². The summed E-state index contributed by atoms with van der Waals surface area (Å²) in [6.07, 6.45) is 3.68. The van der Waals surface area contributed by atoms with Crippen LogP contribution in [0.15, 0.2) is 29.2 Å². The lowest BCUT2D eigenvalue weighted by molar-refractivity contribution is -0.120. The minimum atomic E-state index is -3.61. The van der Waals surface area contributed by atoms with E-state index in [1.165, 1.54) is 13.2 Å². The van der Waals surface area contributed by atoms with Crippen molar-refractivity contribution in [3.63, 3.8) is 0 Å². The SMILES string of the molecule is COc1ccccc1S(=O)(=O)CC(=O)C1CCCC1. The number of ether oxygens (including phenoxy) is 1. The third-order valence-electron chi connectivity index (χ3n) is 3.55. The maximum Gasteiger partial charge on any atom is 0.189 e. The smallest absolute Gasteiger partial charge is 0.189 e. The normalized spacial score (nSPS) is 16.5. The Kier molecular flexibility index (Phi) is 4.24. The highest BCUT2D eigenvalue weighted by Gasteiger charge is 2.29. The second-order valence-electron chi connectivity index (χ2n) is 4.86. The number of methoxy groups -OCH3 is 1. The molecule has 1 aliphatic carbocycles. The maximum atomic E-state index is 12.3. The highest BCUT2D eigenvalue weighted by molar-refractivity contribution is 7.92. The van der Waals surface area contributed by atoms with Gasteiger partial charge in [0.25, 0.3) is 0 Å². The topological polar surface area (TPSA) is 60.4 Å². The summed E-state index contributed by atoms with van der Waals surface area (Å²) in [6.45, 7) is 0. The van der Waals surface area contributed by atoms with Gasteiger partial charge in [-0.2, -0.15) is 0 Å². The fraction of sp³-hybridized carbons (Fsp3) is 0.500. The van der Waals surface area contributed by atoms with Gasteiger partial charge >= 0.3 is 0 Å². The van der Waals surface area contributed by atoms with Crippen LogP contribution in [0.1, 0.15) is 25.7 Å². The Hall–Kier alpha value is -1.36. The molecule has 5 heteroatoms. The summed E-state index contributed by atoms with van der Waals surface area (Å²) in [4.78, 5) is 12.1. The number of Topliss-reactive ketones (excluding diaryl/α,β-unsaturated/α-hetero) is 1. The summed E-state index contributed by atoms with van der Waals surface area (Å²) in [5.74, 6) is -0.368. The average Bonchev–Trinajstić information content (AvgIpc) is 2.92. The molecule has 0 radical (unpaired) electrons. The molecule has 0 aliphatic heterocycles. The first kappa shape index (κ1) is 14.1. The Morgan fingerprint density at radius 2 is 1.89 bits per heavy atom. The first-order valence-corrected chi connectivity index (χ1v) is 8.08. The molecule has 19 heavy (non-hydrogen) atoms. The van der Waals surface area contributed by atoms with Gasteiger partial charge in [-0.25, -0.2) is 8.42 Å². The summed E-state index contributed by atoms with van der Waals surface area (Å²) >= 11 is 0. The lowest BCUT2D eigenvalue weighted by Gasteiger charge is -2.11. The van der Waals surface area contributed by atoms with E-state index in [0.717, 1.165) is 25.7 Å². The van der Waals surface area contributed by atoms with Gasteiger partial charge in [0.2, 0.25) is 0 Å². The zero-order valence-corrected chi connectivity index (χ0v) is 11.8. The zero-order valence-electron chi connectivity index (χ0n) is 11.0. The van der Waals surface area contributed by atoms with Crippen molar-refractivity contribution in [1.82, 2.24) is 0 Å². The Bertz CT molecular complexity index is 557. The van der Waals surface area contributed by atoms with Gasteiger partial charge in [-0.05, 0) is 25.0 Å². The molecule has 1 aliphatic rings. The number of para-hydroxylation sites is 1. The number of carbonyl (C=O) groups excluding carboxylic acids is 1. The minimum Gasteiger partial charge on any atom is -0.495 e. The maximum absolute atomic E-state index is 12.3. The fourth-order valence-electron chi connectivity index (χ4n) is 2.51. The highest BCUT2D eigenvalue weighted by atomic mass is 32.2. The molecule has 2 rings (SSSR count). The predicted octanol–water partition coefficient (Wildman–Crippen LogP) is 2.23. The molecule has 1 aromatic rings. The first-order valence-electron chi connectivity index (χ1n) is 6.43. The number of hydrogen-bond acceptors (Lipinski definition) is 4. The van der Waals surface area contributed by atoms with E-state index in [1.807, 2.05) is 0 Å². The Balaban J connectivity index is 2.20. The van der Waals surface area contributed by atoms with Crippen molar-refractivity contribution >= 4 is 15.6 Å². The number of hydrogen-bond donors (Lipinski definition) is 0. The van der Waals surface area contributed by atoms with E-state index in [4.69, 9.17) is 4.74 Å². The monoisotopic (exact) mass is 282 g/mol. The molecule has 1 fully saturated rings. The van der Waals surface area contributed by atoms with Crippen LogP contribution < -0.4 is 4.74 Å². The van der Waals surface area contributed by atoms with Crippen LogP contribution in [0.5, 0.6) is 5.75 Å². The van der Waals surface area contributed by atoms with E-state index in [2.05, 4.69) is 0 Å². The summed E-state index contributed by atoms with van der Waals surface area (Å²) < 4.78 is 29.6. The first-order chi connectivity index (χ1) is 9.04. The lowest BCUT2D eigenvalue weighted by atomic mass is 10.0. The highest BCUT2D eigenvalue weighted by Crippen LogP contribution is 2.28. The quantitative estimate of drug-likeness (QED) is 0.831. The lowest BCUT2D eigenvalue weighted by Crippen LogP contribution is -2.22. The van der Waals surface area contributed by atoms with Crippen molar-refractivity contribution in [2.24, 2.45) is 5.92 Å². The molecule has 1 saturated carbocycles. The van der Waals surface area contributed by atoms with Gasteiger partial charge in [0, 0.05) is 5.92 Å². The van der Waals surface area contributed by atoms with Crippen molar-refractivity contribution in [2.45, 2.75) is 30.6 Å². The standard InChI is InChI=1S/C14H18O4S/c1-18-13-8-4-5-9-14(13)19(16,17)10-12(15)11-6-2-3-7-11/h4-5,8-9,11H,2-3,6-7,10H2,1H3. The second kappa shape index (κ2) is 5.74. The third-order valence-corrected chi connectivity index (χ3v) is 5.22. The van der Waals surface area contributed by atoms with E-state index < -0.39 is 15.6 Å². The van der Waals surface area contributed by atoms with Crippen molar-refractivity contribution in [3.8, 4) is 5.75 Å². The summed E-state index contributed by atoms with van der Waals surface area (Å²) in [7, 11) is -2.19. The molecule has 4 nitrogen and oxygen atoms in total. The van der Waals surface area contributed by atoms with Gasteiger partial charge in [-0.15, -0.1) is 0 Å². The molecule has 104 valence electrons. The molecule has 0 unspecified atom stereocenters. The van der Waals surface area contributed by atoms with E-state index in [1.54, 1.807) is 18.2 Å². The number of ketones is 1. The largest absolute Gasteiger partial charge is 0.495 e. The van der Waals surface area contributed by atoms with Crippen molar-refractivity contribution in [3.05, 3.63) is 24.3 Å². The van der Waals surface area contributed by atoms with Crippen LogP contribution >= 0.6 is 0 Å². The number of rotatable bonds is 5. The Labute approximate surface area is 113 Å². The van der Waals surface area contributed by atoms with E-state index in [0.29, 0.717) is 5.75 Å². The Morgan fingerprint density at radius 1 is 1.26 bits per heavy atom. The van der Waals surface area contributed by atoms with Crippen LogP contribution in [0.2, 0.25) is 0 Å². The minimum absolute atomic E-state index is 0.0792. The summed E-state index contributed by atoms with van der Waals surface area (Å²) in [5.41, 5.74) is 0. The number of carbonyl (C=O) groups is 1. The molecule has 0 heterocycles. The molecule has 0 bridgehead atoms. The number of benzene rings is 1. The van der Waals surface area contributed by atoms with E-state index >= 15 is 0 Å². The van der Waals surface area contributed by atoms with Gasteiger partial charge in [0.05, 0.1) is 7.11 Å². The number of sulfone groups is 1. The van der Waals surface area contributed by atoms with Crippen LogP contribution in [0.25, 0.3) is 0 Å². The molecular formula is C14H18O4S. The summed E-state index contributed by atoms with van der Waals surface area (Å²) in [6, 6.07) is 6.41. The molecule has 0 N–H and O–H groups in total. The molecular weight excluding hydrogens is 264 g/mol. The molecule has 0 aromatic heterocycles. The fourth-order valence-corrected chi connectivity index (χ4v) is 4.02. The van der Waals surface area contributed by atoms with Crippen LogP contribution in [-0.2, 0) is 14.6 Å². The van der Waals surface area contributed by atoms with Crippen LogP contribution in [-0.4, -0.2) is 27.1 Å². The third kappa shape index (κ3) is 3.15. The van der Waals surface area contributed by atoms with Crippen LogP contribution in [0, 0.1) is 5.92 Å². The van der Waals surface area contributed by atoms with Gasteiger partial charge in [-0.3, -0.25) is 4.79 Å². The summed E-state index contributed by atoms with van der Waals surface area (Å²) in [5, 5.41) is 0. The van der Waals surface area contributed by atoms with Crippen LogP contribution in [0.4, 0.5) is 0 Å². The van der Waals surface area contributed by atoms with E-state index in [9.17, 15) is 13.2 Å². The zero-order chi connectivity index (χ0) is 13.9. The molecule has 1 aromatic carbocycles. The van der Waals surface area contributed by atoms with Gasteiger partial charge in [0.15, 0.2) is 15.6 Å². The molecule has 0 atom stereocenters. The Morgan fingerprint density at radius 3 is 2.53 bits per heavy atom. The molecule has 0 spiro atoms. The van der Waals surface area contributed by atoms with Crippen molar-refractivity contribution in [2.75, 3.05) is 12.9 Å². The van der Waals surface area contributed by atoms with Gasteiger partial charge in [0.1, 0.15) is 16.4 Å². The molecule has 0 amide bonds. The second-order valence-corrected chi connectivity index (χ2v) is 6.82. The van der Waals surface area contributed by atoms with Crippen molar-refractivity contribution < 1.29 is 17.9 Å². The van der Waals surface area contributed by atoms with Crippen molar-refractivity contribution in [1.29, 1.82) is 0 Å².